The molecule has 4 nitrogen and oxygen atoms in total. The summed E-state index contributed by atoms with van der Waals surface area (Å²) in [5.41, 5.74) is 0.829. The van der Waals surface area contributed by atoms with Crippen molar-refractivity contribution in [2.45, 2.75) is 6.42 Å². The lowest BCUT2D eigenvalue weighted by molar-refractivity contribution is -0.131. The summed E-state index contributed by atoms with van der Waals surface area (Å²) in [5.74, 6) is -1.08. The van der Waals surface area contributed by atoms with Gasteiger partial charge < -0.3 is 5.11 Å². The molecule has 0 aliphatic carbocycles. The molecule has 1 aromatic carbocycles. The van der Waals surface area contributed by atoms with Gasteiger partial charge in [-0.3, -0.25) is 14.9 Å². The number of carbonyl (C=O) groups is 2. The molecule has 0 spiro atoms. The Morgan fingerprint density at radius 3 is 2.36 bits per heavy atom. The van der Waals surface area contributed by atoms with E-state index in [4.69, 9.17) is 5.11 Å². The Balaban J connectivity index is 2.46. The monoisotopic (exact) mass is 193 g/mol. The Bertz CT molecular complexity index is 321. The molecule has 4 heteroatoms. The standard InChI is InChI=1S/C10H11NO3/c12-7-10(14)11-9(13)6-8-4-2-1-3-5-8/h1-5,12H,6-7H2,(H,11,13,14). The van der Waals surface area contributed by atoms with Crippen LogP contribution >= 0.6 is 0 Å². The fraction of sp³-hybridized carbons (Fsp3) is 0.200. The van der Waals surface area contributed by atoms with E-state index in [0.29, 0.717) is 0 Å². The molecule has 0 aliphatic heterocycles. The van der Waals surface area contributed by atoms with Crippen molar-refractivity contribution in [3.63, 3.8) is 0 Å². The molecule has 0 aliphatic rings. The maximum atomic E-state index is 11.1. The predicted octanol–water partition coefficient (Wildman–Crippen LogP) is -0.136. The fourth-order valence-corrected chi connectivity index (χ4v) is 1.02. The highest BCUT2D eigenvalue weighted by molar-refractivity contribution is 5.96. The van der Waals surface area contributed by atoms with E-state index in [1.54, 1.807) is 12.1 Å². The lowest BCUT2D eigenvalue weighted by Gasteiger charge is -2.01. The van der Waals surface area contributed by atoms with Crippen molar-refractivity contribution in [2.24, 2.45) is 0 Å². The van der Waals surface area contributed by atoms with Crippen LogP contribution in [0.5, 0.6) is 0 Å². The van der Waals surface area contributed by atoms with Crippen LogP contribution in [0.3, 0.4) is 0 Å². The van der Waals surface area contributed by atoms with Crippen molar-refractivity contribution in [3.05, 3.63) is 35.9 Å². The molecule has 0 heterocycles. The Morgan fingerprint density at radius 2 is 1.79 bits per heavy atom. The second-order valence-corrected chi connectivity index (χ2v) is 2.79. The summed E-state index contributed by atoms with van der Waals surface area (Å²) in [6.45, 7) is -0.666. The van der Waals surface area contributed by atoms with Crippen molar-refractivity contribution in [3.8, 4) is 0 Å². The van der Waals surface area contributed by atoms with Crippen molar-refractivity contribution in [1.29, 1.82) is 0 Å². The van der Waals surface area contributed by atoms with Crippen molar-refractivity contribution in [2.75, 3.05) is 6.61 Å². The normalized spacial score (nSPS) is 9.50. The number of rotatable bonds is 3. The lowest BCUT2D eigenvalue weighted by Crippen LogP contribution is -2.33. The van der Waals surface area contributed by atoms with Crippen molar-refractivity contribution < 1.29 is 14.7 Å². The molecule has 0 fully saturated rings. The summed E-state index contributed by atoms with van der Waals surface area (Å²) < 4.78 is 0. The average Bonchev–Trinajstić information content (AvgIpc) is 2.19. The van der Waals surface area contributed by atoms with Gasteiger partial charge in [0.15, 0.2) is 0 Å². The van der Waals surface area contributed by atoms with E-state index in [1.165, 1.54) is 0 Å². The van der Waals surface area contributed by atoms with Gasteiger partial charge in [-0.25, -0.2) is 0 Å². The quantitative estimate of drug-likeness (QED) is 0.702. The van der Waals surface area contributed by atoms with Crippen molar-refractivity contribution >= 4 is 11.8 Å². The largest absolute Gasteiger partial charge is 0.387 e. The van der Waals surface area contributed by atoms with E-state index in [2.05, 4.69) is 5.32 Å². The van der Waals surface area contributed by atoms with Crippen LogP contribution in [0.4, 0.5) is 0 Å². The van der Waals surface area contributed by atoms with Crippen LogP contribution < -0.4 is 5.32 Å². The second-order valence-electron chi connectivity index (χ2n) is 2.79. The van der Waals surface area contributed by atoms with Gasteiger partial charge in [-0.05, 0) is 5.56 Å². The summed E-state index contributed by atoms with van der Waals surface area (Å²) in [7, 11) is 0. The number of hydrogen-bond donors (Lipinski definition) is 2. The molecule has 1 aromatic rings. The first-order chi connectivity index (χ1) is 6.72. The molecule has 0 saturated carbocycles. The number of imide groups is 1. The van der Waals surface area contributed by atoms with Gasteiger partial charge >= 0.3 is 0 Å². The second kappa shape index (κ2) is 5.14. The van der Waals surface area contributed by atoms with Gasteiger partial charge in [-0.2, -0.15) is 0 Å². The zero-order valence-corrected chi connectivity index (χ0v) is 7.56. The number of benzene rings is 1. The number of nitrogens with one attached hydrogen (secondary N) is 1. The molecule has 0 bridgehead atoms. The fourth-order valence-electron chi connectivity index (χ4n) is 1.02. The van der Waals surface area contributed by atoms with E-state index in [1.807, 2.05) is 18.2 Å². The summed E-state index contributed by atoms with van der Waals surface area (Å²) in [5, 5.41) is 10.4. The van der Waals surface area contributed by atoms with Gasteiger partial charge in [0.2, 0.25) is 5.91 Å². The zero-order valence-electron chi connectivity index (χ0n) is 7.56. The number of aliphatic hydroxyl groups is 1. The molecule has 0 aromatic heterocycles. The highest BCUT2D eigenvalue weighted by Crippen LogP contribution is 1.98. The first kappa shape index (κ1) is 10.4. The highest BCUT2D eigenvalue weighted by atomic mass is 16.3. The van der Waals surface area contributed by atoms with Gasteiger partial charge in [0.25, 0.3) is 5.91 Å². The minimum Gasteiger partial charge on any atom is -0.387 e. The summed E-state index contributed by atoms with van der Waals surface area (Å²) >= 11 is 0. The van der Waals surface area contributed by atoms with Crippen LogP contribution in [0.1, 0.15) is 5.56 Å². The molecule has 0 saturated heterocycles. The number of carbonyl (C=O) groups excluding carboxylic acids is 2. The van der Waals surface area contributed by atoms with Gasteiger partial charge in [-0.15, -0.1) is 0 Å². The Kier molecular flexibility index (Phi) is 3.82. The molecular formula is C10H11NO3. The molecule has 0 radical (unpaired) electrons. The van der Waals surface area contributed by atoms with Crippen LogP contribution in [-0.4, -0.2) is 23.5 Å². The third kappa shape index (κ3) is 3.37. The first-order valence-electron chi connectivity index (χ1n) is 4.20. The third-order valence-corrected chi connectivity index (χ3v) is 1.63. The van der Waals surface area contributed by atoms with Crippen LogP contribution in [0.15, 0.2) is 30.3 Å². The Morgan fingerprint density at radius 1 is 1.14 bits per heavy atom. The van der Waals surface area contributed by atoms with Crippen LogP contribution in [0, 0.1) is 0 Å². The highest BCUT2D eigenvalue weighted by Gasteiger charge is 2.06. The van der Waals surface area contributed by atoms with E-state index in [-0.39, 0.29) is 6.42 Å². The smallest absolute Gasteiger partial charge is 0.252 e. The number of hydrogen-bond acceptors (Lipinski definition) is 3. The van der Waals surface area contributed by atoms with Crippen LogP contribution in [0.2, 0.25) is 0 Å². The molecule has 14 heavy (non-hydrogen) atoms. The zero-order chi connectivity index (χ0) is 10.4. The van der Waals surface area contributed by atoms with Gasteiger partial charge in [0, 0.05) is 0 Å². The average molecular weight is 193 g/mol. The van der Waals surface area contributed by atoms with Gasteiger partial charge in [0.05, 0.1) is 6.42 Å². The summed E-state index contributed by atoms with van der Waals surface area (Å²) in [6, 6.07) is 9.07. The summed E-state index contributed by atoms with van der Waals surface area (Å²) in [4.78, 5) is 21.8. The molecule has 0 unspecified atom stereocenters. The predicted molar refractivity (Wildman–Crippen MR) is 50.4 cm³/mol. The molecule has 2 amide bonds. The third-order valence-electron chi connectivity index (χ3n) is 1.63. The van der Waals surface area contributed by atoms with Crippen LogP contribution in [-0.2, 0) is 16.0 Å². The Labute approximate surface area is 81.6 Å². The lowest BCUT2D eigenvalue weighted by atomic mass is 10.1. The minimum atomic E-state index is -0.675. The molecule has 0 atom stereocenters. The van der Waals surface area contributed by atoms with Crippen LogP contribution in [0.25, 0.3) is 0 Å². The maximum Gasteiger partial charge on any atom is 0.252 e. The maximum absolute atomic E-state index is 11.1. The van der Waals surface area contributed by atoms with Gasteiger partial charge in [0.1, 0.15) is 6.61 Å². The summed E-state index contributed by atoms with van der Waals surface area (Å²) in [6.07, 6.45) is 0.145. The topological polar surface area (TPSA) is 66.4 Å². The van der Waals surface area contributed by atoms with E-state index in [0.717, 1.165) is 5.56 Å². The first-order valence-corrected chi connectivity index (χ1v) is 4.20. The van der Waals surface area contributed by atoms with E-state index >= 15 is 0 Å². The van der Waals surface area contributed by atoms with E-state index in [9.17, 15) is 9.59 Å². The molecule has 2 N–H and O–H groups in total. The van der Waals surface area contributed by atoms with Crippen molar-refractivity contribution in [1.82, 2.24) is 5.32 Å². The number of aliphatic hydroxyl groups excluding tert-OH is 1. The van der Waals surface area contributed by atoms with Gasteiger partial charge in [-0.1, -0.05) is 30.3 Å². The number of amides is 2. The van der Waals surface area contributed by atoms with E-state index < -0.39 is 18.4 Å². The Hall–Kier alpha value is -1.68. The molecular weight excluding hydrogens is 182 g/mol. The molecule has 1 rings (SSSR count). The molecule has 74 valence electrons. The SMILES string of the molecule is O=C(CO)NC(=O)Cc1ccccc1. The minimum absolute atomic E-state index is 0.145.